The lowest BCUT2D eigenvalue weighted by Gasteiger charge is -2.31. The molecule has 1 amide bonds. The summed E-state index contributed by atoms with van der Waals surface area (Å²) >= 11 is 0. The van der Waals surface area contributed by atoms with Crippen LogP contribution in [0.3, 0.4) is 0 Å². The number of fused-ring (bicyclic) bond motifs is 1. The summed E-state index contributed by atoms with van der Waals surface area (Å²) in [4.78, 5) is 25.8. The van der Waals surface area contributed by atoms with E-state index in [0.29, 0.717) is 44.8 Å². The van der Waals surface area contributed by atoms with Crippen molar-refractivity contribution in [2.45, 2.75) is 58.5 Å². The molecule has 0 spiro atoms. The number of carbonyl (C=O) groups is 2. The number of aliphatic carboxylic acids is 1. The highest BCUT2D eigenvalue weighted by molar-refractivity contribution is 5.77. The zero-order valence-corrected chi connectivity index (χ0v) is 17.9. The second-order valence-corrected chi connectivity index (χ2v) is 8.85. The number of hydrogen-bond donors (Lipinski definition) is 1. The van der Waals surface area contributed by atoms with Gasteiger partial charge in [0.25, 0.3) is 0 Å². The predicted molar refractivity (Wildman–Crippen MR) is 109 cm³/mol. The van der Waals surface area contributed by atoms with Gasteiger partial charge in [0.1, 0.15) is 5.82 Å². The molecule has 4 rings (SSSR count). The van der Waals surface area contributed by atoms with Crippen molar-refractivity contribution in [1.82, 2.24) is 14.7 Å². The smallest absolute Gasteiger partial charge is 0.306 e. The fourth-order valence-electron chi connectivity index (χ4n) is 4.85. The Morgan fingerprint density at radius 3 is 2.47 bits per heavy atom. The van der Waals surface area contributed by atoms with Crippen molar-refractivity contribution < 1.29 is 27.9 Å². The minimum absolute atomic E-state index is 0.00663. The van der Waals surface area contributed by atoms with Gasteiger partial charge in [-0.15, -0.1) is 0 Å². The lowest BCUT2D eigenvalue weighted by molar-refractivity contribution is -0.143. The van der Waals surface area contributed by atoms with E-state index in [1.165, 1.54) is 0 Å². The molecule has 0 unspecified atom stereocenters. The van der Waals surface area contributed by atoms with Crippen LogP contribution in [0.5, 0.6) is 0 Å². The summed E-state index contributed by atoms with van der Waals surface area (Å²) in [6, 6.07) is 1.37. The number of carbonyl (C=O) groups excluding carboxylic acids is 1. The molecule has 0 saturated heterocycles. The van der Waals surface area contributed by atoms with E-state index in [1.54, 1.807) is 9.58 Å². The van der Waals surface area contributed by atoms with Crippen molar-refractivity contribution in [3.63, 3.8) is 0 Å². The summed E-state index contributed by atoms with van der Waals surface area (Å²) in [7, 11) is 0. The van der Waals surface area contributed by atoms with E-state index in [1.807, 2.05) is 6.92 Å². The third-order valence-corrected chi connectivity index (χ3v) is 6.76. The average Bonchev–Trinajstić information content (AvgIpc) is 3.07. The highest BCUT2D eigenvalue weighted by atomic mass is 19.2. The van der Waals surface area contributed by atoms with E-state index in [0.717, 1.165) is 35.9 Å². The molecule has 6 nitrogen and oxygen atoms in total. The molecule has 32 heavy (non-hydrogen) atoms. The Balaban J connectivity index is 1.45. The van der Waals surface area contributed by atoms with Crippen molar-refractivity contribution in [2.75, 3.05) is 6.54 Å². The summed E-state index contributed by atoms with van der Waals surface area (Å²) in [6.07, 6.45) is 3.67. The number of aryl methyl sites for hydroxylation is 1. The van der Waals surface area contributed by atoms with Gasteiger partial charge in [0.05, 0.1) is 30.4 Å². The molecule has 2 aliphatic rings. The van der Waals surface area contributed by atoms with Crippen LogP contribution in [0, 0.1) is 36.2 Å². The van der Waals surface area contributed by atoms with Crippen LogP contribution in [0.15, 0.2) is 12.1 Å². The van der Waals surface area contributed by atoms with Gasteiger partial charge in [0.15, 0.2) is 11.6 Å². The van der Waals surface area contributed by atoms with Crippen molar-refractivity contribution >= 4 is 11.9 Å². The largest absolute Gasteiger partial charge is 0.481 e. The maximum atomic E-state index is 14.1. The van der Waals surface area contributed by atoms with Gasteiger partial charge in [-0.25, -0.2) is 13.2 Å². The van der Waals surface area contributed by atoms with Gasteiger partial charge in [-0.3, -0.25) is 14.3 Å². The minimum atomic E-state index is -1.24. The molecule has 0 radical (unpaired) electrons. The first-order chi connectivity index (χ1) is 15.2. The summed E-state index contributed by atoms with van der Waals surface area (Å²) in [5.74, 6) is -4.08. The number of benzene rings is 1. The summed E-state index contributed by atoms with van der Waals surface area (Å²) in [5.41, 5.74) is 2.55. The van der Waals surface area contributed by atoms with Gasteiger partial charge in [0.2, 0.25) is 5.91 Å². The van der Waals surface area contributed by atoms with Crippen molar-refractivity contribution in [3.05, 3.63) is 52.1 Å². The van der Waals surface area contributed by atoms with Crippen LogP contribution in [0.1, 0.15) is 54.6 Å². The van der Waals surface area contributed by atoms with Gasteiger partial charge in [0, 0.05) is 24.6 Å². The van der Waals surface area contributed by atoms with E-state index in [4.69, 9.17) is 5.11 Å². The third kappa shape index (κ3) is 4.52. The van der Waals surface area contributed by atoms with Crippen LogP contribution in [-0.2, 0) is 29.1 Å². The molecule has 172 valence electrons. The maximum Gasteiger partial charge on any atom is 0.306 e. The lowest BCUT2D eigenvalue weighted by atomic mass is 9.80. The van der Waals surface area contributed by atoms with Crippen LogP contribution in [0.2, 0.25) is 0 Å². The molecule has 0 bridgehead atoms. The molecule has 1 aromatic carbocycles. The number of rotatable bonds is 5. The Bertz CT molecular complexity index is 1040. The first kappa shape index (κ1) is 22.4. The topological polar surface area (TPSA) is 75.4 Å². The average molecular weight is 449 g/mol. The highest BCUT2D eigenvalue weighted by Crippen LogP contribution is 2.32. The number of halogens is 3. The molecule has 1 fully saturated rings. The van der Waals surface area contributed by atoms with Crippen LogP contribution >= 0.6 is 0 Å². The molecule has 2 heterocycles. The molecular weight excluding hydrogens is 423 g/mol. The fraction of sp³-hybridized carbons (Fsp3) is 0.522. The van der Waals surface area contributed by atoms with Gasteiger partial charge >= 0.3 is 5.97 Å². The lowest BCUT2D eigenvalue weighted by Crippen LogP contribution is -2.38. The van der Waals surface area contributed by atoms with Gasteiger partial charge in [-0.05, 0) is 56.6 Å². The molecule has 1 N–H and O–H groups in total. The van der Waals surface area contributed by atoms with Crippen LogP contribution in [0.25, 0.3) is 0 Å². The number of amides is 1. The summed E-state index contributed by atoms with van der Waals surface area (Å²) < 4.78 is 42.6. The molecule has 0 atom stereocenters. The molecule has 1 saturated carbocycles. The molecule has 2 aromatic rings. The molecule has 1 aliphatic heterocycles. The first-order valence-electron chi connectivity index (χ1n) is 10.9. The number of hydrogen-bond acceptors (Lipinski definition) is 3. The molecular formula is C23H26F3N3O3. The van der Waals surface area contributed by atoms with Crippen LogP contribution in [-0.4, -0.2) is 38.2 Å². The quantitative estimate of drug-likeness (QED) is 0.705. The van der Waals surface area contributed by atoms with Crippen molar-refractivity contribution in [3.8, 4) is 0 Å². The van der Waals surface area contributed by atoms with E-state index >= 15 is 0 Å². The molecule has 9 heteroatoms. The van der Waals surface area contributed by atoms with Crippen molar-refractivity contribution in [1.29, 1.82) is 0 Å². The number of nitrogens with zero attached hydrogens (tertiary/aromatic N) is 3. The zero-order valence-electron chi connectivity index (χ0n) is 17.9. The Labute approximate surface area is 184 Å². The summed E-state index contributed by atoms with van der Waals surface area (Å²) in [6.45, 7) is 2.67. The molecule has 1 aromatic heterocycles. The maximum absolute atomic E-state index is 14.1. The number of carboxylic acid groups (broad SMARTS) is 1. The Kier molecular flexibility index (Phi) is 6.26. The standard InChI is InChI=1S/C23H26F3N3O3/c1-13-17-6-7-28(22(30)8-14-2-4-15(5-3-14)23(31)32)12-21(17)29(27-13)11-16-9-19(25)20(26)10-18(16)24/h9-10,14-15H,2-8,11-12H2,1H3,(H,31,32). The number of carboxylic acids is 1. The second kappa shape index (κ2) is 8.96. The molecule has 1 aliphatic carbocycles. The third-order valence-electron chi connectivity index (χ3n) is 6.76. The van der Waals surface area contributed by atoms with E-state index in [9.17, 15) is 22.8 Å². The van der Waals surface area contributed by atoms with Gasteiger partial charge in [-0.1, -0.05) is 0 Å². The summed E-state index contributed by atoms with van der Waals surface area (Å²) in [5, 5.41) is 13.6. The number of aromatic nitrogens is 2. The second-order valence-electron chi connectivity index (χ2n) is 8.85. The van der Waals surface area contributed by atoms with Crippen LogP contribution < -0.4 is 0 Å². The van der Waals surface area contributed by atoms with E-state index in [2.05, 4.69) is 5.10 Å². The Morgan fingerprint density at radius 1 is 1.09 bits per heavy atom. The normalized spacial score (nSPS) is 20.8. The monoisotopic (exact) mass is 449 g/mol. The first-order valence-corrected chi connectivity index (χ1v) is 10.9. The van der Waals surface area contributed by atoms with Gasteiger partial charge in [-0.2, -0.15) is 5.10 Å². The highest BCUT2D eigenvalue weighted by Gasteiger charge is 2.31. The Hall–Kier alpha value is -2.84. The zero-order chi connectivity index (χ0) is 23.0. The van der Waals surface area contributed by atoms with Crippen molar-refractivity contribution in [2.24, 2.45) is 11.8 Å². The SMILES string of the molecule is Cc1nn(Cc2cc(F)c(F)cc2F)c2c1CCN(C(=O)CC1CCC(C(=O)O)CC1)C2. The van der Waals surface area contributed by atoms with E-state index < -0.39 is 23.4 Å². The predicted octanol–water partition coefficient (Wildman–Crippen LogP) is 3.82. The minimum Gasteiger partial charge on any atom is -0.481 e. The Morgan fingerprint density at radius 2 is 1.78 bits per heavy atom. The van der Waals surface area contributed by atoms with Gasteiger partial charge < -0.3 is 10.0 Å². The van der Waals surface area contributed by atoms with Crippen LogP contribution in [0.4, 0.5) is 13.2 Å². The fourth-order valence-corrected chi connectivity index (χ4v) is 4.85. The van der Waals surface area contributed by atoms with E-state index in [-0.39, 0.29) is 29.9 Å².